The maximum Gasteiger partial charge on any atom is 0.251 e. The number of aromatic amines is 1. The highest BCUT2D eigenvalue weighted by molar-refractivity contribution is 5.48. The van der Waals surface area contributed by atoms with E-state index in [2.05, 4.69) is 19.9 Å². The van der Waals surface area contributed by atoms with E-state index in [0.717, 1.165) is 38.2 Å². The molecule has 6 nitrogen and oxygen atoms in total. The van der Waals surface area contributed by atoms with Gasteiger partial charge in [-0.2, -0.15) is 0 Å². The van der Waals surface area contributed by atoms with Crippen LogP contribution in [0, 0.1) is 0 Å². The third kappa shape index (κ3) is 3.86. The molecule has 0 aromatic carbocycles. The third-order valence-corrected chi connectivity index (χ3v) is 4.75. The van der Waals surface area contributed by atoms with Gasteiger partial charge in [0.2, 0.25) is 0 Å². The van der Waals surface area contributed by atoms with E-state index in [0.29, 0.717) is 11.5 Å². The number of pyridine rings is 2. The fourth-order valence-electron chi connectivity index (χ4n) is 3.50. The van der Waals surface area contributed by atoms with Crippen LogP contribution < -0.4 is 5.56 Å². The zero-order valence-electron chi connectivity index (χ0n) is 14.5. The van der Waals surface area contributed by atoms with Gasteiger partial charge in [0, 0.05) is 43.7 Å². The van der Waals surface area contributed by atoms with Crippen LogP contribution in [0.3, 0.4) is 0 Å². The van der Waals surface area contributed by atoms with Gasteiger partial charge < -0.3 is 4.98 Å². The smallest absolute Gasteiger partial charge is 0.251 e. The minimum Gasteiger partial charge on any atom is -0.305 e. The van der Waals surface area contributed by atoms with Crippen molar-refractivity contribution in [2.75, 3.05) is 13.1 Å². The van der Waals surface area contributed by atoms with Crippen molar-refractivity contribution >= 4 is 0 Å². The first-order valence-electron chi connectivity index (χ1n) is 8.92. The quantitative estimate of drug-likeness (QED) is 0.785. The van der Waals surface area contributed by atoms with Crippen LogP contribution in [0.5, 0.6) is 0 Å². The Bertz CT molecular complexity index is 910. The highest BCUT2D eigenvalue weighted by atomic mass is 16.1. The van der Waals surface area contributed by atoms with Gasteiger partial charge in [-0.15, -0.1) is 0 Å². The molecule has 4 heterocycles. The van der Waals surface area contributed by atoms with E-state index in [-0.39, 0.29) is 11.5 Å². The first-order valence-corrected chi connectivity index (χ1v) is 8.92. The predicted molar refractivity (Wildman–Crippen MR) is 99.6 cm³/mol. The Balaban J connectivity index is 1.55. The number of H-pyrrole nitrogens is 1. The molecule has 1 saturated heterocycles. The van der Waals surface area contributed by atoms with Gasteiger partial charge >= 0.3 is 0 Å². The van der Waals surface area contributed by atoms with Crippen LogP contribution in [-0.4, -0.2) is 37.9 Å². The molecule has 3 aromatic rings. The maximum atomic E-state index is 12.2. The summed E-state index contributed by atoms with van der Waals surface area (Å²) in [5.74, 6) is 0.801. The largest absolute Gasteiger partial charge is 0.305 e. The Kier molecular flexibility index (Phi) is 4.84. The molecular formula is C20H21N5O. The van der Waals surface area contributed by atoms with Crippen LogP contribution in [0.2, 0.25) is 0 Å². The van der Waals surface area contributed by atoms with Gasteiger partial charge in [0.15, 0.2) is 5.82 Å². The average Bonchev–Trinajstić information content (AvgIpc) is 2.69. The first kappa shape index (κ1) is 16.6. The van der Waals surface area contributed by atoms with E-state index >= 15 is 0 Å². The molecular weight excluding hydrogens is 326 g/mol. The van der Waals surface area contributed by atoms with Gasteiger partial charge in [0.1, 0.15) is 5.69 Å². The number of nitrogens with zero attached hydrogens (tertiary/aromatic N) is 4. The predicted octanol–water partition coefficient (Wildman–Crippen LogP) is 2.61. The van der Waals surface area contributed by atoms with E-state index in [1.807, 2.05) is 42.7 Å². The van der Waals surface area contributed by atoms with Crippen LogP contribution in [-0.2, 0) is 6.54 Å². The van der Waals surface area contributed by atoms with Crippen molar-refractivity contribution < 1.29 is 0 Å². The van der Waals surface area contributed by atoms with Crippen molar-refractivity contribution in [3.8, 4) is 11.5 Å². The van der Waals surface area contributed by atoms with Crippen LogP contribution in [0.4, 0.5) is 0 Å². The number of rotatable bonds is 4. The summed E-state index contributed by atoms with van der Waals surface area (Å²) in [5, 5.41) is 0. The molecule has 1 atom stereocenters. The average molecular weight is 347 g/mol. The summed E-state index contributed by atoms with van der Waals surface area (Å²) in [6.45, 7) is 2.87. The Hall–Kier alpha value is -2.86. The molecule has 1 aliphatic heterocycles. The third-order valence-electron chi connectivity index (χ3n) is 4.75. The molecule has 0 unspecified atom stereocenters. The minimum absolute atomic E-state index is 0.123. The summed E-state index contributed by atoms with van der Waals surface area (Å²) in [6.07, 6.45) is 7.51. The molecule has 4 rings (SSSR count). The molecule has 0 radical (unpaired) electrons. The van der Waals surface area contributed by atoms with Crippen LogP contribution in [0.25, 0.3) is 11.5 Å². The molecule has 0 bridgehead atoms. The second-order valence-electron chi connectivity index (χ2n) is 6.66. The highest BCUT2D eigenvalue weighted by Gasteiger charge is 2.23. The Morgan fingerprint density at radius 1 is 1.15 bits per heavy atom. The number of nitrogens with one attached hydrogen (secondary N) is 1. The lowest BCUT2D eigenvalue weighted by molar-refractivity contribution is 0.198. The Labute approximate surface area is 152 Å². The fourth-order valence-corrected chi connectivity index (χ4v) is 3.50. The number of piperidine rings is 1. The molecule has 26 heavy (non-hydrogen) atoms. The standard InChI is InChI=1S/C20H21N5O/c26-19-12-18(23-20(24-19)17-5-1-2-8-22-17)16-4-3-11-25(14-16)13-15-6-9-21-10-7-15/h1-2,5-10,12,16H,3-4,11,13-14H2,(H,23,24,26)/t16-/m0/s1. The zero-order valence-corrected chi connectivity index (χ0v) is 14.5. The van der Waals surface area contributed by atoms with Gasteiger partial charge in [-0.25, -0.2) is 4.98 Å². The molecule has 1 fully saturated rings. The van der Waals surface area contributed by atoms with Gasteiger partial charge in [-0.3, -0.25) is 19.7 Å². The fraction of sp³-hybridized carbons (Fsp3) is 0.300. The van der Waals surface area contributed by atoms with Gasteiger partial charge in [0.25, 0.3) is 5.56 Å². The summed E-state index contributed by atoms with van der Waals surface area (Å²) < 4.78 is 0. The molecule has 0 saturated carbocycles. The molecule has 3 aromatic heterocycles. The first-order chi connectivity index (χ1) is 12.8. The molecule has 0 spiro atoms. The van der Waals surface area contributed by atoms with Gasteiger partial charge in [-0.1, -0.05) is 6.07 Å². The van der Waals surface area contributed by atoms with Crippen molar-refractivity contribution in [3.05, 3.63) is 76.6 Å². The van der Waals surface area contributed by atoms with E-state index in [4.69, 9.17) is 4.98 Å². The van der Waals surface area contributed by atoms with Crippen molar-refractivity contribution in [1.82, 2.24) is 24.8 Å². The van der Waals surface area contributed by atoms with Crippen molar-refractivity contribution in [1.29, 1.82) is 0 Å². The lowest BCUT2D eigenvalue weighted by Crippen LogP contribution is -2.34. The van der Waals surface area contributed by atoms with E-state index < -0.39 is 0 Å². The molecule has 0 amide bonds. The molecule has 132 valence electrons. The second kappa shape index (κ2) is 7.58. The van der Waals surface area contributed by atoms with Gasteiger partial charge in [-0.05, 0) is 49.2 Å². The summed E-state index contributed by atoms with van der Waals surface area (Å²) in [5.41, 5.74) is 2.68. The molecule has 1 N–H and O–H groups in total. The van der Waals surface area contributed by atoms with Crippen LogP contribution >= 0.6 is 0 Å². The lowest BCUT2D eigenvalue weighted by Gasteiger charge is -2.32. The SMILES string of the molecule is O=c1cc([C@H]2CCCN(Cc3ccncc3)C2)nc(-c2ccccn2)[nH]1. The molecule has 1 aliphatic rings. The summed E-state index contributed by atoms with van der Waals surface area (Å²) >= 11 is 0. The Morgan fingerprint density at radius 3 is 2.85 bits per heavy atom. The summed E-state index contributed by atoms with van der Waals surface area (Å²) in [4.78, 5) is 30.5. The normalized spacial score (nSPS) is 17.9. The molecule has 0 aliphatic carbocycles. The maximum absolute atomic E-state index is 12.2. The van der Waals surface area contributed by atoms with E-state index in [1.54, 1.807) is 12.3 Å². The molecule has 6 heteroatoms. The van der Waals surface area contributed by atoms with Crippen molar-refractivity contribution in [3.63, 3.8) is 0 Å². The Morgan fingerprint density at radius 2 is 2.04 bits per heavy atom. The van der Waals surface area contributed by atoms with Gasteiger partial charge in [0.05, 0.1) is 5.69 Å². The minimum atomic E-state index is -0.123. The zero-order chi connectivity index (χ0) is 17.8. The van der Waals surface area contributed by atoms with Crippen LogP contribution in [0.1, 0.15) is 30.0 Å². The van der Waals surface area contributed by atoms with E-state index in [1.165, 1.54) is 5.56 Å². The second-order valence-corrected chi connectivity index (χ2v) is 6.66. The summed E-state index contributed by atoms with van der Waals surface area (Å²) in [6, 6.07) is 11.3. The number of aromatic nitrogens is 4. The highest BCUT2D eigenvalue weighted by Crippen LogP contribution is 2.26. The van der Waals surface area contributed by atoms with Crippen LogP contribution in [0.15, 0.2) is 59.8 Å². The summed E-state index contributed by atoms with van der Waals surface area (Å²) in [7, 11) is 0. The van der Waals surface area contributed by atoms with Crippen molar-refractivity contribution in [2.45, 2.75) is 25.3 Å². The van der Waals surface area contributed by atoms with Crippen molar-refractivity contribution in [2.24, 2.45) is 0 Å². The lowest BCUT2D eigenvalue weighted by atomic mass is 9.94. The number of hydrogen-bond acceptors (Lipinski definition) is 5. The van der Waals surface area contributed by atoms with E-state index in [9.17, 15) is 4.79 Å². The number of hydrogen-bond donors (Lipinski definition) is 1. The topological polar surface area (TPSA) is 74.8 Å². The monoisotopic (exact) mass is 347 g/mol. The number of likely N-dealkylation sites (tertiary alicyclic amines) is 1.